The van der Waals surface area contributed by atoms with Gasteiger partial charge in [-0.3, -0.25) is 0 Å². The van der Waals surface area contributed by atoms with Crippen molar-refractivity contribution in [2.75, 3.05) is 25.5 Å². The molecule has 3 heterocycles. The van der Waals surface area contributed by atoms with Crippen molar-refractivity contribution in [2.45, 2.75) is 19.3 Å². The summed E-state index contributed by atoms with van der Waals surface area (Å²) in [7, 11) is 2.19. The number of piperidine rings is 1. The van der Waals surface area contributed by atoms with E-state index >= 15 is 0 Å². The zero-order valence-electron chi connectivity index (χ0n) is 11.6. The highest BCUT2D eigenvalue weighted by Crippen LogP contribution is 2.22. The highest BCUT2D eigenvalue weighted by atomic mass is 32.1. The summed E-state index contributed by atoms with van der Waals surface area (Å²) in [5.41, 5.74) is 1.12. The van der Waals surface area contributed by atoms with Crippen molar-refractivity contribution in [1.82, 2.24) is 19.9 Å². The van der Waals surface area contributed by atoms with Gasteiger partial charge in [-0.1, -0.05) is 0 Å². The lowest BCUT2D eigenvalue weighted by molar-refractivity contribution is 0.218. The van der Waals surface area contributed by atoms with Gasteiger partial charge in [0.15, 0.2) is 5.13 Å². The van der Waals surface area contributed by atoms with E-state index in [0.717, 1.165) is 29.0 Å². The zero-order valence-corrected chi connectivity index (χ0v) is 12.4. The predicted octanol–water partition coefficient (Wildman–Crippen LogP) is 2.56. The average molecular weight is 289 g/mol. The van der Waals surface area contributed by atoms with Crippen LogP contribution in [0.25, 0.3) is 0 Å². The zero-order chi connectivity index (χ0) is 13.8. The lowest BCUT2D eigenvalue weighted by Crippen LogP contribution is -2.31. The van der Waals surface area contributed by atoms with E-state index in [1.165, 1.54) is 25.9 Å². The summed E-state index contributed by atoms with van der Waals surface area (Å²) in [5, 5.41) is 6.03. The van der Waals surface area contributed by atoms with Gasteiger partial charge in [0.05, 0.1) is 0 Å². The number of thiazole rings is 1. The summed E-state index contributed by atoms with van der Waals surface area (Å²) in [6.45, 7) is 2.39. The molecule has 0 saturated carbocycles. The first kappa shape index (κ1) is 13.5. The van der Waals surface area contributed by atoms with Crippen molar-refractivity contribution in [3.05, 3.63) is 29.7 Å². The Hall–Kier alpha value is -1.53. The van der Waals surface area contributed by atoms with Gasteiger partial charge in [0.1, 0.15) is 12.1 Å². The molecule has 1 saturated heterocycles. The molecule has 1 fully saturated rings. The fourth-order valence-electron chi connectivity index (χ4n) is 2.53. The highest BCUT2D eigenvalue weighted by Gasteiger charge is 2.17. The quantitative estimate of drug-likeness (QED) is 0.937. The predicted molar refractivity (Wildman–Crippen MR) is 81.4 cm³/mol. The van der Waals surface area contributed by atoms with Crippen LogP contribution >= 0.6 is 11.3 Å². The first-order valence-electron chi connectivity index (χ1n) is 6.95. The Kier molecular flexibility index (Phi) is 4.22. The second-order valence-electron chi connectivity index (χ2n) is 5.31. The first-order chi connectivity index (χ1) is 9.79. The average Bonchev–Trinajstić information content (AvgIpc) is 2.95. The van der Waals surface area contributed by atoms with Crippen LogP contribution in [0.4, 0.5) is 10.9 Å². The van der Waals surface area contributed by atoms with Crippen LogP contribution < -0.4 is 5.32 Å². The molecule has 0 spiro atoms. The molecule has 1 N–H and O–H groups in total. The maximum absolute atomic E-state index is 4.40. The summed E-state index contributed by atoms with van der Waals surface area (Å²) in [6.07, 6.45) is 6.99. The standard InChI is InChI=1S/C14H19N5S/c1-19-5-2-11(3-6-19)8-12-9-13(17-10-16-12)18-14-15-4-7-20-14/h4,7,9-11H,2-3,5-6,8H2,1H3,(H,15,16,17,18). The van der Waals surface area contributed by atoms with E-state index in [0.29, 0.717) is 0 Å². The molecular weight excluding hydrogens is 270 g/mol. The third-order valence-electron chi connectivity index (χ3n) is 3.73. The molecule has 0 unspecified atom stereocenters. The number of nitrogens with zero attached hydrogens (tertiary/aromatic N) is 4. The summed E-state index contributed by atoms with van der Waals surface area (Å²) in [5.74, 6) is 1.58. The lowest BCUT2D eigenvalue weighted by atomic mass is 9.92. The van der Waals surface area contributed by atoms with Crippen molar-refractivity contribution in [2.24, 2.45) is 5.92 Å². The number of aromatic nitrogens is 3. The number of likely N-dealkylation sites (tertiary alicyclic amines) is 1. The maximum atomic E-state index is 4.40. The normalized spacial score (nSPS) is 17.2. The molecule has 0 amide bonds. The molecular formula is C14H19N5S. The van der Waals surface area contributed by atoms with Gasteiger partial charge in [0.2, 0.25) is 0 Å². The Morgan fingerprint density at radius 2 is 2.15 bits per heavy atom. The third kappa shape index (κ3) is 3.52. The third-order valence-corrected chi connectivity index (χ3v) is 4.42. The second kappa shape index (κ2) is 6.28. The number of hydrogen-bond acceptors (Lipinski definition) is 6. The molecule has 0 atom stereocenters. The smallest absolute Gasteiger partial charge is 0.188 e. The van der Waals surface area contributed by atoms with E-state index in [-0.39, 0.29) is 0 Å². The van der Waals surface area contributed by atoms with Gasteiger partial charge in [-0.15, -0.1) is 11.3 Å². The Morgan fingerprint density at radius 3 is 2.90 bits per heavy atom. The van der Waals surface area contributed by atoms with Crippen LogP contribution in [0.3, 0.4) is 0 Å². The molecule has 20 heavy (non-hydrogen) atoms. The fourth-order valence-corrected chi connectivity index (χ4v) is 3.07. The van der Waals surface area contributed by atoms with E-state index < -0.39 is 0 Å². The number of rotatable bonds is 4. The fraction of sp³-hybridized carbons (Fsp3) is 0.500. The maximum Gasteiger partial charge on any atom is 0.188 e. The number of anilines is 2. The molecule has 1 aliphatic rings. The minimum atomic E-state index is 0.744. The van der Waals surface area contributed by atoms with Crippen LogP contribution in [0.2, 0.25) is 0 Å². The first-order valence-corrected chi connectivity index (χ1v) is 7.83. The van der Waals surface area contributed by atoms with Crippen LogP contribution in [0, 0.1) is 5.92 Å². The molecule has 2 aromatic heterocycles. The molecule has 0 bridgehead atoms. The van der Waals surface area contributed by atoms with Crippen molar-refractivity contribution in [1.29, 1.82) is 0 Å². The van der Waals surface area contributed by atoms with Crippen molar-refractivity contribution < 1.29 is 0 Å². The molecule has 6 heteroatoms. The largest absolute Gasteiger partial charge is 0.316 e. The minimum absolute atomic E-state index is 0.744. The van der Waals surface area contributed by atoms with Crippen LogP contribution in [0.1, 0.15) is 18.5 Å². The molecule has 106 valence electrons. The molecule has 5 nitrogen and oxygen atoms in total. The van der Waals surface area contributed by atoms with Crippen LogP contribution in [-0.2, 0) is 6.42 Å². The Labute approximate surface area is 123 Å². The Balaban J connectivity index is 1.62. The number of hydrogen-bond donors (Lipinski definition) is 1. The van der Waals surface area contributed by atoms with Gasteiger partial charge < -0.3 is 10.2 Å². The van der Waals surface area contributed by atoms with E-state index in [9.17, 15) is 0 Å². The van der Waals surface area contributed by atoms with Crippen molar-refractivity contribution in [3.63, 3.8) is 0 Å². The van der Waals surface area contributed by atoms with Crippen LogP contribution in [0.15, 0.2) is 24.0 Å². The van der Waals surface area contributed by atoms with Gasteiger partial charge >= 0.3 is 0 Å². The number of nitrogens with one attached hydrogen (secondary N) is 1. The molecule has 0 aromatic carbocycles. The molecule has 2 aromatic rings. The summed E-state index contributed by atoms with van der Waals surface area (Å²) >= 11 is 1.57. The Morgan fingerprint density at radius 1 is 1.30 bits per heavy atom. The van der Waals surface area contributed by atoms with Gasteiger partial charge in [-0.2, -0.15) is 0 Å². The molecule has 3 rings (SSSR count). The van der Waals surface area contributed by atoms with Gasteiger partial charge in [0.25, 0.3) is 0 Å². The monoisotopic (exact) mass is 289 g/mol. The summed E-state index contributed by atoms with van der Waals surface area (Å²) in [6, 6.07) is 2.04. The molecule has 0 radical (unpaired) electrons. The van der Waals surface area contributed by atoms with E-state index in [1.54, 1.807) is 23.9 Å². The molecule has 1 aliphatic heterocycles. The highest BCUT2D eigenvalue weighted by molar-refractivity contribution is 7.13. The van der Waals surface area contributed by atoms with Crippen molar-refractivity contribution >= 4 is 22.3 Å². The van der Waals surface area contributed by atoms with E-state index in [2.05, 4.69) is 32.2 Å². The van der Waals surface area contributed by atoms with Gasteiger partial charge in [0, 0.05) is 23.3 Å². The minimum Gasteiger partial charge on any atom is -0.316 e. The van der Waals surface area contributed by atoms with Crippen molar-refractivity contribution in [3.8, 4) is 0 Å². The van der Waals surface area contributed by atoms with E-state index in [4.69, 9.17) is 0 Å². The molecule has 0 aliphatic carbocycles. The van der Waals surface area contributed by atoms with E-state index in [1.807, 2.05) is 11.4 Å². The summed E-state index contributed by atoms with van der Waals surface area (Å²) < 4.78 is 0. The lowest BCUT2D eigenvalue weighted by Gasteiger charge is -2.28. The SMILES string of the molecule is CN1CCC(Cc2cc(Nc3nccs3)ncn2)CC1. The Bertz CT molecular complexity index is 534. The van der Waals surface area contributed by atoms with Crippen LogP contribution in [0.5, 0.6) is 0 Å². The van der Waals surface area contributed by atoms with Crippen LogP contribution in [-0.4, -0.2) is 40.0 Å². The van der Waals surface area contributed by atoms with Gasteiger partial charge in [-0.05, 0) is 45.3 Å². The summed E-state index contributed by atoms with van der Waals surface area (Å²) in [4.78, 5) is 15.3. The second-order valence-corrected chi connectivity index (χ2v) is 6.20. The topological polar surface area (TPSA) is 53.9 Å². The van der Waals surface area contributed by atoms with Gasteiger partial charge in [-0.25, -0.2) is 15.0 Å².